The average molecular weight is 472 g/mol. The Balaban J connectivity index is 1.51. The number of anilines is 1. The number of thiazole rings is 1. The predicted molar refractivity (Wildman–Crippen MR) is 129 cm³/mol. The molecule has 8 nitrogen and oxygen atoms in total. The van der Waals surface area contributed by atoms with E-state index in [1.165, 1.54) is 11.3 Å². The topological polar surface area (TPSA) is 73.4 Å². The van der Waals surface area contributed by atoms with Crippen LogP contribution in [-0.4, -0.2) is 75.5 Å². The SMILES string of the molecule is CCOc1ccc2nc(N(CCN3CCOCC3)C(=O)COc3cccc(OC)c3)sc2c1. The maximum Gasteiger partial charge on any atom is 0.266 e. The average Bonchev–Trinajstić information content (AvgIpc) is 3.27. The fraction of sp³-hybridized carbons (Fsp3) is 0.417. The summed E-state index contributed by atoms with van der Waals surface area (Å²) in [6, 6.07) is 13.0. The maximum atomic E-state index is 13.3. The molecule has 1 aliphatic heterocycles. The fourth-order valence-electron chi connectivity index (χ4n) is 3.57. The number of carbonyl (C=O) groups excluding carboxylic acids is 1. The van der Waals surface area contributed by atoms with Crippen LogP contribution < -0.4 is 19.1 Å². The van der Waals surface area contributed by atoms with E-state index >= 15 is 0 Å². The van der Waals surface area contributed by atoms with Gasteiger partial charge >= 0.3 is 0 Å². The molecule has 9 heteroatoms. The maximum absolute atomic E-state index is 13.3. The highest BCUT2D eigenvalue weighted by atomic mass is 32.1. The third-order valence-corrected chi connectivity index (χ3v) is 6.38. The van der Waals surface area contributed by atoms with Gasteiger partial charge in [-0.1, -0.05) is 17.4 Å². The molecule has 1 fully saturated rings. The summed E-state index contributed by atoms with van der Waals surface area (Å²) in [4.78, 5) is 22.0. The minimum absolute atomic E-state index is 0.0869. The molecule has 0 aliphatic carbocycles. The number of hydrogen-bond donors (Lipinski definition) is 0. The molecule has 1 aliphatic rings. The molecule has 4 rings (SSSR count). The molecule has 1 amide bonds. The van der Waals surface area contributed by atoms with Crippen molar-refractivity contribution < 1.29 is 23.7 Å². The van der Waals surface area contributed by atoms with Crippen LogP contribution in [0.15, 0.2) is 42.5 Å². The highest BCUT2D eigenvalue weighted by molar-refractivity contribution is 7.22. The van der Waals surface area contributed by atoms with Gasteiger partial charge in [-0.05, 0) is 37.3 Å². The Hall–Kier alpha value is -2.88. The standard InChI is InChI=1S/C24H29N3O5S/c1-3-31-20-7-8-21-22(16-20)33-24(25-21)27(10-9-26-11-13-30-14-12-26)23(28)17-32-19-6-4-5-18(15-19)29-2/h4-8,15-16H,3,9-14,17H2,1-2H3. The van der Waals surface area contributed by atoms with Crippen LogP contribution in [0.5, 0.6) is 17.2 Å². The van der Waals surface area contributed by atoms with Crippen molar-refractivity contribution in [3.05, 3.63) is 42.5 Å². The minimum Gasteiger partial charge on any atom is -0.497 e. The second kappa shape index (κ2) is 11.3. The van der Waals surface area contributed by atoms with Gasteiger partial charge in [0.15, 0.2) is 11.7 Å². The summed E-state index contributed by atoms with van der Waals surface area (Å²) in [5.74, 6) is 1.92. The number of aromatic nitrogens is 1. The van der Waals surface area contributed by atoms with Gasteiger partial charge in [0.2, 0.25) is 0 Å². The van der Waals surface area contributed by atoms with Crippen LogP contribution in [0, 0.1) is 0 Å². The van der Waals surface area contributed by atoms with Gasteiger partial charge in [0.1, 0.15) is 17.2 Å². The van der Waals surface area contributed by atoms with Gasteiger partial charge in [-0.3, -0.25) is 14.6 Å². The van der Waals surface area contributed by atoms with Crippen LogP contribution in [0.2, 0.25) is 0 Å². The smallest absolute Gasteiger partial charge is 0.266 e. The number of methoxy groups -OCH3 is 1. The number of nitrogens with zero attached hydrogens (tertiary/aromatic N) is 3. The van der Waals surface area contributed by atoms with Crippen LogP contribution >= 0.6 is 11.3 Å². The van der Waals surface area contributed by atoms with Crippen molar-refractivity contribution in [2.24, 2.45) is 0 Å². The van der Waals surface area contributed by atoms with Crippen molar-refractivity contribution in [1.29, 1.82) is 0 Å². The summed E-state index contributed by atoms with van der Waals surface area (Å²) in [6.45, 7) is 6.89. The Bertz CT molecular complexity index is 1070. The summed E-state index contributed by atoms with van der Waals surface area (Å²) < 4.78 is 23.1. The highest BCUT2D eigenvalue weighted by Crippen LogP contribution is 2.32. The minimum atomic E-state index is -0.143. The van der Waals surface area contributed by atoms with E-state index in [-0.39, 0.29) is 12.5 Å². The number of benzene rings is 2. The van der Waals surface area contributed by atoms with Gasteiger partial charge in [-0.15, -0.1) is 0 Å². The molecule has 0 bridgehead atoms. The summed E-state index contributed by atoms with van der Waals surface area (Å²) in [6.07, 6.45) is 0. The predicted octanol–water partition coefficient (Wildman–Crippen LogP) is 3.45. The van der Waals surface area contributed by atoms with Crippen molar-refractivity contribution in [2.45, 2.75) is 6.92 Å². The van der Waals surface area contributed by atoms with Crippen molar-refractivity contribution in [3.63, 3.8) is 0 Å². The van der Waals surface area contributed by atoms with Crippen molar-refractivity contribution >= 4 is 32.6 Å². The largest absolute Gasteiger partial charge is 0.497 e. The lowest BCUT2D eigenvalue weighted by atomic mass is 10.3. The van der Waals surface area contributed by atoms with Gasteiger partial charge in [0.05, 0.1) is 37.1 Å². The first-order valence-corrected chi connectivity index (χ1v) is 11.9. The molecule has 0 unspecified atom stereocenters. The van der Waals surface area contributed by atoms with Gasteiger partial charge in [0, 0.05) is 32.2 Å². The number of amides is 1. The molecule has 2 heterocycles. The Morgan fingerprint density at radius 1 is 1.12 bits per heavy atom. The first-order chi connectivity index (χ1) is 16.2. The Kier molecular flexibility index (Phi) is 7.98. The van der Waals surface area contributed by atoms with Gasteiger partial charge in [-0.25, -0.2) is 4.98 Å². The second-order valence-electron chi connectivity index (χ2n) is 7.53. The van der Waals surface area contributed by atoms with Gasteiger partial charge < -0.3 is 18.9 Å². The molecule has 2 aromatic carbocycles. The van der Waals surface area contributed by atoms with E-state index in [2.05, 4.69) is 4.90 Å². The normalized spacial score (nSPS) is 14.2. The van der Waals surface area contributed by atoms with Crippen molar-refractivity contribution in [3.8, 4) is 17.2 Å². The fourth-order valence-corrected chi connectivity index (χ4v) is 4.61. The van der Waals surface area contributed by atoms with E-state index < -0.39 is 0 Å². The van der Waals surface area contributed by atoms with Crippen LogP contribution in [0.4, 0.5) is 5.13 Å². The lowest BCUT2D eigenvalue weighted by Gasteiger charge is -2.29. The number of ether oxygens (including phenoxy) is 4. The number of hydrogen-bond acceptors (Lipinski definition) is 8. The summed E-state index contributed by atoms with van der Waals surface area (Å²) in [5, 5.41) is 0.658. The third kappa shape index (κ3) is 6.13. The number of fused-ring (bicyclic) bond motifs is 1. The lowest BCUT2D eigenvalue weighted by molar-refractivity contribution is -0.120. The molecule has 0 atom stereocenters. The molecule has 33 heavy (non-hydrogen) atoms. The van der Waals surface area contributed by atoms with Crippen LogP contribution in [0.3, 0.4) is 0 Å². The molecular weight excluding hydrogens is 442 g/mol. The van der Waals surface area contributed by atoms with Crippen molar-refractivity contribution in [1.82, 2.24) is 9.88 Å². The van der Waals surface area contributed by atoms with E-state index in [1.807, 2.05) is 37.3 Å². The molecule has 0 saturated carbocycles. The molecule has 0 radical (unpaired) electrons. The van der Waals surface area contributed by atoms with Crippen molar-refractivity contribution in [2.75, 3.05) is 64.6 Å². The Labute approximate surface area is 197 Å². The first kappa shape index (κ1) is 23.3. The molecule has 1 aromatic heterocycles. The molecule has 3 aromatic rings. The van der Waals surface area contributed by atoms with Crippen LogP contribution in [0.1, 0.15) is 6.92 Å². The van der Waals surface area contributed by atoms with E-state index in [9.17, 15) is 4.79 Å². The molecule has 176 valence electrons. The second-order valence-corrected chi connectivity index (χ2v) is 8.54. The summed E-state index contributed by atoms with van der Waals surface area (Å²) in [7, 11) is 1.60. The Morgan fingerprint density at radius 2 is 1.91 bits per heavy atom. The van der Waals surface area contributed by atoms with E-state index in [0.29, 0.717) is 43.0 Å². The zero-order valence-electron chi connectivity index (χ0n) is 19.0. The third-order valence-electron chi connectivity index (χ3n) is 5.34. The number of carbonyl (C=O) groups is 1. The molecule has 0 N–H and O–H groups in total. The Morgan fingerprint density at radius 3 is 2.70 bits per heavy atom. The molecule has 0 spiro atoms. The summed E-state index contributed by atoms with van der Waals surface area (Å²) >= 11 is 1.48. The number of rotatable bonds is 10. The quantitative estimate of drug-likeness (QED) is 0.448. The van der Waals surface area contributed by atoms with Crippen LogP contribution in [-0.2, 0) is 9.53 Å². The zero-order chi connectivity index (χ0) is 23.0. The van der Waals surface area contributed by atoms with E-state index in [0.717, 1.165) is 35.6 Å². The first-order valence-electron chi connectivity index (χ1n) is 11.1. The number of morpholine rings is 1. The highest BCUT2D eigenvalue weighted by Gasteiger charge is 2.22. The zero-order valence-corrected chi connectivity index (χ0v) is 19.8. The van der Waals surface area contributed by atoms with Gasteiger partial charge in [-0.2, -0.15) is 0 Å². The molecule has 1 saturated heterocycles. The monoisotopic (exact) mass is 471 g/mol. The van der Waals surface area contributed by atoms with E-state index in [4.69, 9.17) is 23.9 Å². The summed E-state index contributed by atoms with van der Waals surface area (Å²) in [5.41, 5.74) is 0.844. The molecular formula is C24H29N3O5S. The van der Waals surface area contributed by atoms with Crippen LogP contribution in [0.25, 0.3) is 10.2 Å². The lowest BCUT2D eigenvalue weighted by Crippen LogP contribution is -2.44. The van der Waals surface area contributed by atoms with Gasteiger partial charge in [0.25, 0.3) is 5.91 Å². The van der Waals surface area contributed by atoms with E-state index in [1.54, 1.807) is 24.1 Å².